The number of nitrogens with zero attached hydrogens (tertiary/aromatic N) is 1. The van der Waals surface area contributed by atoms with E-state index in [1.54, 1.807) is 0 Å². The van der Waals surface area contributed by atoms with Gasteiger partial charge in [0, 0.05) is 26.0 Å². The average molecular weight is 584 g/mol. The minimum atomic E-state index is -1.47. The lowest BCUT2D eigenvalue weighted by atomic mass is 10.0. The predicted octanol–water partition coefficient (Wildman–Crippen LogP) is 2.64. The molecule has 2 N–H and O–H groups in total. The molecule has 0 bridgehead atoms. The van der Waals surface area contributed by atoms with Crippen LogP contribution >= 0.6 is 0 Å². The molecule has 1 aromatic rings. The summed E-state index contributed by atoms with van der Waals surface area (Å²) in [5.41, 5.74) is 0.0616. The summed E-state index contributed by atoms with van der Waals surface area (Å²) in [5.74, 6) is -4.15. The predicted molar refractivity (Wildman–Crippen MR) is 142 cm³/mol. The quantitative estimate of drug-likeness (QED) is 0.194. The fourth-order valence-corrected chi connectivity index (χ4v) is 4.41. The van der Waals surface area contributed by atoms with Crippen molar-refractivity contribution in [3.63, 3.8) is 0 Å². The maximum atomic E-state index is 13.8. The number of amides is 3. The molecular formula is C28H39F2N3O8. The van der Waals surface area contributed by atoms with Crippen LogP contribution in [-0.2, 0) is 39.8 Å². The Morgan fingerprint density at radius 2 is 1.68 bits per heavy atom. The Morgan fingerprint density at radius 1 is 1.00 bits per heavy atom. The van der Waals surface area contributed by atoms with Gasteiger partial charge in [0.1, 0.15) is 30.3 Å². The first kappa shape index (κ1) is 33.4. The van der Waals surface area contributed by atoms with E-state index in [0.29, 0.717) is 37.8 Å². The molecule has 11 nitrogen and oxygen atoms in total. The van der Waals surface area contributed by atoms with Crippen molar-refractivity contribution >= 4 is 29.8 Å². The van der Waals surface area contributed by atoms with Crippen LogP contribution in [-0.4, -0.2) is 79.7 Å². The number of methoxy groups -OCH3 is 1. The summed E-state index contributed by atoms with van der Waals surface area (Å²) in [7, 11) is 1.07. The van der Waals surface area contributed by atoms with E-state index in [4.69, 9.17) is 14.2 Å². The van der Waals surface area contributed by atoms with Gasteiger partial charge >= 0.3 is 18.0 Å². The van der Waals surface area contributed by atoms with Gasteiger partial charge in [0.15, 0.2) is 6.04 Å². The van der Waals surface area contributed by atoms with Crippen LogP contribution < -0.4 is 10.6 Å². The first-order valence-corrected chi connectivity index (χ1v) is 13.6. The van der Waals surface area contributed by atoms with Gasteiger partial charge in [0.25, 0.3) is 0 Å². The molecule has 13 heteroatoms. The van der Waals surface area contributed by atoms with Gasteiger partial charge in [0.05, 0.1) is 13.7 Å². The highest BCUT2D eigenvalue weighted by atomic mass is 19.1. The molecule has 0 aromatic heterocycles. The van der Waals surface area contributed by atoms with Crippen molar-refractivity contribution in [3.05, 3.63) is 35.4 Å². The summed E-state index contributed by atoms with van der Waals surface area (Å²) < 4.78 is 42.7. The summed E-state index contributed by atoms with van der Waals surface area (Å²) >= 11 is 0. The summed E-state index contributed by atoms with van der Waals surface area (Å²) in [6, 6.07) is -1.02. The smallest absolute Gasteiger partial charge is 0.407 e. The molecular weight excluding hydrogens is 544 g/mol. The minimum absolute atomic E-state index is 0.0616. The van der Waals surface area contributed by atoms with Crippen LogP contribution in [0.2, 0.25) is 0 Å². The monoisotopic (exact) mass is 583 g/mol. The third-order valence-electron chi connectivity index (χ3n) is 6.50. The number of benzene rings is 1. The molecule has 3 amide bonds. The Bertz CT molecular complexity index is 1060. The van der Waals surface area contributed by atoms with E-state index in [2.05, 4.69) is 24.5 Å². The van der Waals surface area contributed by atoms with Crippen molar-refractivity contribution < 1.29 is 47.0 Å². The highest BCUT2D eigenvalue weighted by Gasteiger charge is 2.35. The fourth-order valence-electron chi connectivity index (χ4n) is 4.41. The van der Waals surface area contributed by atoms with Gasteiger partial charge in [0.2, 0.25) is 11.8 Å². The maximum absolute atomic E-state index is 13.8. The van der Waals surface area contributed by atoms with Gasteiger partial charge in [-0.05, 0) is 49.3 Å². The Hall–Kier alpha value is -3.77. The number of rotatable bonds is 14. The van der Waals surface area contributed by atoms with Crippen LogP contribution in [0.15, 0.2) is 18.2 Å². The van der Waals surface area contributed by atoms with E-state index in [9.17, 15) is 32.8 Å². The lowest BCUT2D eigenvalue weighted by molar-refractivity contribution is -0.157. The number of alkyl carbamates (subject to hydrolysis) is 1. The molecule has 1 fully saturated rings. The Kier molecular flexibility index (Phi) is 13.4. The molecule has 0 saturated carbocycles. The molecule has 1 saturated heterocycles. The lowest BCUT2D eigenvalue weighted by Crippen LogP contribution is -2.54. The van der Waals surface area contributed by atoms with E-state index in [1.807, 2.05) is 0 Å². The van der Waals surface area contributed by atoms with Crippen molar-refractivity contribution in [2.24, 2.45) is 5.92 Å². The van der Waals surface area contributed by atoms with Crippen LogP contribution in [0.5, 0.6) is 0 Å². The Balaban J connectivity index is 2.10. The molecule has 3 atom stereocenters. The second-order valence-corrected chi connectivity index (χ2v) is 10.3. The normalized spacial score (nSPS) is 16.1. The van der Waals surface area contributed by atoms with Gasteiger partial charge in [-0.3, -0.25) is 9.59 Å². The number of nitrogens with one attached hydrogen (secondary N) is 2. The number of hydrogen-bond acceptors (Lipinski definition) is 8. The number of carbonyl (C=O) groups excluding carboxylic acids is 5. The van der Waals surface area contributed by atoms with E-state index < -0.39 is 60.3 Å². The van der Waals surface area contributed by atoms with Crippen LogP contribution in [0.3, 0.4) is 0 Å². The maximum Gasteiger partial charge on any atom is 0.407 e. The Labute approximate surface area is 238 Å². The number of hydrogen-bond donors (Lipinski definition) is 2. The van der Waals surface area contributed by atoms with Gasteiger partial charge in [-0.25, -0.2) is 23.2 Å². The third kappa shape index (κ3) is 11.3. The second-order valence-electron chi connectivity index (χ2n) is 10.3. The largest absolute Gasteiger partial charge is 0.467 e. The second kappa shape index (κ2) is 16.5. The summed E-state index contributed by atoms with van der Waals surface area (Å²) in [6.07, 6.45) is 2.12. The highest BCUT2D eigenvalue weighted by molar-refractivity contribution is 5.90. The molecule has 41 heavy (non-hydrogen) atoms. The average Bonchev–Trinajstić information content (AvgIpc) is 3.39. The molecule has 228 valence electrons. The molecule has 1 heterocycles. The standard InChI is InChI=1S/C28H39F2N3O8/c1-17(2)8-5-6-11-40-28(38)32-22(14-19-12-20(29)15-21(30)13-19)25(35)31-23(26(36)39-4)16-41-27(37)24-9-7-10-33(24)18(3)34/h12-13,15,17,22-24H,5-11,14,16H2,1-4H3,(H,31,35)(H,32,38)/t22-,23-,24?/m0/s1. The van der Waals surface area contributed by atoms with Crippen molar-refractivity contribution in [2.45, 2.75) is 77.4 Å². The zero-order valence-corrected chi connectivity index (χ0v) is 23.9. The topological polar surface area (TPSA) is 140 Å². The van der Waals surface area contributed by atoms with Crippen molar-refractivity contribution in [2.75, 3.05) is 26.9 Å². The van der Waals surface area contributed by atoms with E-state index >= 15 is 0 Å². The highest BCUT2D eigenvalue weighted by Crippen LogP contribution is 2.19. The Morgan fingerprint density at radius 3 is 2.29 bits per heavy atom. The van der Waals surface area contributed by atoms with Crippen molar-refractivity contribution in [3.8, 4) is 0 Å². The zero-order valence-electron chi connectivity index (χ0n) is 23.9. The molecule has 1 aliphatic rings. The molecule has 2 rings (SSSR count). The number of esters is 2. The summed E-state index contributed by atoms with van der Waals surface area (Å²) in [6.45, 7) is 5.36. The van der Waals surface area contributed by atoms with Gasteiger partial charge < -0.3 is 29.7 Å². The summed E-state index contributed by atoms with van der Waals surface area (Å²) in [5, 5.41) is 4.73. The minimum Gasteiger partial charge on any atom is -0.467 e. The first-order valence-electron chi connectivity index (χ1n) is 13.6. The van der Waals surface area contributed by atoms with Crippen LogP contribution in [0.4, 0.5) is 13.6 Å². The van der Waals surface area contributed by atoms with Crippen molar-refractivity contribution in [1.82, 2.24) is 15.5 Å². The van der Waals surface area contributed by atoms with Crippen molar-refractivity contribution in [1.29, 1.82) is 0 Å². The van der Waals surface area contributed by atoms with E-state index in [1.165, 1.54) is 11.8 Å². The number of likely N-dealkylation sites (tertiary alicyclic amines) is 1. The SMILES string of the molecule is COC(=O)[C@H](COC(=O)C1CCCN1C(C)=O)NC(=O)[C@H](Cc1cc(F)cc(F)c1)NC(=O)OCCCCC(C)C. The fraction of sp³-hybridized carbons (Fsp3) is 0.607. The van der Waals surface area contributed by atoms with Crippen LogP contribution in [0.25, 0.3) is 0 Å². The van der Waals surface area contributed by atoms with Gasteiger partial charge in [-0.2, -0.15) is 0 Å². The van der Waals surface area contributed by atoms with Gasteiger partial charge in [-0.15, -0.1) is 0 Å². The lowest BCUT2D eigenvalue weighted by Gasteiger charge is -2.24. The number of ether oxygens (including phenoxy) is 3. The van der Waals surface area contributed by atoms with E-state index in [0.717, 1.165) is 32.1 Å². The number of unbranched alkanes of at least 4 members (excludes halogenated alkanes) is 1. The van der Waals surface area contributed by atoms with Gasteiger partial charge in [-0.1, -0.05) is 20.3 Å². The molecule has 1 aromatic carbocycles. The molecule has 0 aliphatic carbocycles. The zero-order chi connectivity index (χ0) is 30.5. The molecule has 1 unspecified atom stereocenters. The molecule has 0 spiro atoms. The van der Waals surface area contributed by atoms with E-state index in [-0.39, 0.29) is 24.5 Å². The number of halogens is 2. The molecule has 0 radical (unpaired) electrons. The van der Waals surface area contributed by atoms with Crippen LogP contribution in [0, 0.1) is 17.6 Å². The summed E-state index contributed by atoms with van der Waals surface area (Å²) in [4.78, 5) is 63.8. The third-order valence-corrected chi connectivity index (χ3v) is 6.50. The first-order chi connectivity index (χ1) is 19.4. The number of carbonyl (C=O) groups is 5. The van der Waals surface area contributed by atoms with Crippen LogP contribution in [0.1, 0.15) is 58.4 Å². The molecule has 1 aliphatic heterocycles.